The van der Waals surface area contributed by atoms with Gasteiger partial charge in [-0.25, -0.2) is 9.78 Å². The topological polar surface area (TPSA) is 144 Å². The van der Waals surface area contributed by atoms with E-state index in [-0.39, 0.29) is 51.6 Å². The number of carbonyl (C=O) groups excluding carboxylic acids is 2. The van der Waals surface area contributed by atoms with Gasteiger partial charge >= 0.3 is 5.97 Å². The number of carbonyl (C=O) groups is 3. The van der Waals surface area contributed by atoms with Crippen LogP contribution in [0.15, 0.2) is 54.9 Å². The van der Waals surface area contributed by atoms with E-state index in [0.717, 1.165) is 0 Å². The Morgan fingerprint density at radius 3 is 2.63 bits per heavy atom. The molecule has 0 radical (unpaired) electrons. The van der Waals surface area contributed by atoms with Crippen LogP contribution < -0.4 is 5.32 Å². The van der Waals surface area contributed by atoms with Crippen LogP contribution in [0.3, 0.4) is 0 Å². The maximum atomic E-state index is 13.2. The summed E-state index contributed by atoms with van der Waals surface area (Å²) < 4.78 is 1.56. The molecule has 41 heavy (non-hydrogen) atoms. The third-order valence-corrected chi connectivity index (χ3v) is 7.79. The largest absolute Gasteiger partial charge is 0.504 e. The van der Waals surface area contributed by atoms with Gasteiger partial charge in [0.1, 0.15) is 11.7 Å². The summed E-state index contributed by atoms with van der Waals surface area (Å²) in [6, 6.07) is 10.3. The highest BCUT2D eigenvalue weighted by Gasteiger charge is 2.30. The molecule has 12 heteroatoms. The summed E-state index contributed by atoms with van der Waals surface area (Å²) >= 11 is 13.1. The maximum Gasteiger partial charge on any atom is 0.326 e. The van der Waals surface area contributed by atoms with Gasteiger partial charge in [-0.1, -0.05) is 47.5 Å². The van der Waals surface area contributed by atoms with Crippen molar-refractivity contribution in [3.63, 3.8) is 0 Å². The average molecular weight is 597 g/mol. The summed E-state index contributed by atoms with van der Waals surface area (Å²) in [7, 11) is 0. The van der Waals surface area contributed by atoms with Crippen LogP contribution in [-0.4, -0.2) is 60.0 Å². The number of aliphatic hydroxyl groups excluding tert-OH is 1. The number of imidazole rings is 1. The minimum absolute atomic E-state index is 0.0142. The van der Waals surface area contributed by atoms with Gasteiger partial charge < -0.3 is 29.9 Å². The number of nitrogens with zero attached hydrogens (tertiary/aromatic N) is 3. The number of hydrogen-bond donors (Lipinski definition) is 4. The van der Waals surface area contributed by atoms with E-state index in [2.05, 4.69) is 10.3 Å². The number of hydrogen-bond acceptors (Lipinski definition) is 6. The predicted molar refractivity (Wildman–Crippen MR) is 151 cm³/mol. The molecule has 1 aliphatic heterocycles. The number of fused-ring (bicyclic) bond motifs is 2. The number of benzene rings is 2. The van der Waals surface area contributed by atoms with Gasteiger partial charge in [-0.15, -0.1) is 0 Å². The average Bonchev–Trinajstić information content (AvgIpc) is 3.38. The summed E-state index contributed by atoms with van der Waals surface area (Å²) in [5, 5.41) is 32.3. The molecule has 212 valence electrons. The van der Waals surface area contributed by atoms with Crippen LogP contribution in [-0.2, 0) is 24.2 Å². The molecular formula is C29H26Cl2N4O6. The number of aromatic nitrogens is 2. The number of aliphatic carboxylic acids is 1. The van der Waals surface area contributed by atoms with E-state index < -0.39 is 24.0 Å². The Morgan fingerprint density at radius 2 is 1.93 bits per heavy atom. The number of halogens is 2. The van der Waals surface area contributed by atoms with E-state index >= 15 is 0 Å². The molecule has 0 saturated carbocycles. The minimum atomic E-state index is -1.27. The van der Waals surface area contributed by atoms with Gasteiger partial charge in [0.05, 0.1) is 21.7 Å². The third kappa shape index (κ3) is 5.72. The first-order chi connectivity index (χ1) is 19.5. The molecule has 0 unspecified atom stereocenters. The lowest BCUT2D eigenvalue weighted by atomic mass is 9.96. The number of carboxylic acid groups (broad SMARTS) is 1. The Balaban J connectivity index is 1.34. The van der Waals surface area contributed by atoms with E-state index in [0.29, 0.717) is 35.2 Å². The molecule has 2 aromatic heterocycles. The second-order valence-corrected chi connectivity index (χ2v) is 10.7. The SMILES string of the molecule is C[C@H](O)c1cccc(C[C@H](NC(=O)c2c(Cl)cc3c(c2Cl)CCN(C(=O)c2cn4cccc(O)c4n2)C3)C(=O)O)c1. The lowest BCUT2D eigenvalue weighted by Crippen LogP contribution is -2.42. The summed E-state index contributed by atoms with van der Waals surface area (Å²) in [6.07, 6.45) is 2.82. The number of aromatic hydroxyl groups is 1. The molecule has 1 aliphatic rings. The van der Waals surface area contributed by atoms with Crippen molar-refractivity contribution in [2.45, 2.75) is 38.5 Å². The van der Waals surface area contributed by atoms with Gasteiger partial charge in [0.15, 0.2) is 11.4 Å². The van der Waals surface area contributed by atoms with Crippen LogP contribution in [0.1, 0.15) is 56.1 Å². The summed E-state index contributed by atoms with van der Waals surface area (Å²) in [4.78, 5) is 44.3. The quantitative estimate of drug-likeness (QED) is 0.252. The van der Waals surface area contributed by atoms with Crippen LogP contribution in [0.2, 0.25) is 10.0 Å². The van der Waals surface area contributed by atoms with Crippen molar-refractivity contribution < 1.29 is 29.7 Å². The van der Waals surface area contributed by atoms with Gasteiger partial charge in [0.25, 0.3) is 11.8 Å². The van der Waals surface area contributed by atoms with Crippen molar-refractivity contribution in [1.29, 1.82) is 0 Å². The van der Waals surface area contributed by atoms with Crippen LogP contribution in [0.4, 0.5) is 0 Å². The highest BCUT2D eigenvalue weighted by atomic mass is 35.5. The van der Waals surface area contributed by atoms with Gasteiger partial charge in [-0.05, 0) is 53.8 Å². The normalized spacial score (nSPS) is 14.4. The first-order valence-electron chi connectivity index (χ1n) is 12.8. The number of nitrogens with one attached hydrogen (secondary N) is 1. The van der Waals surface area contributed by atoms with Crippen LogP contribution >= 0.6 is 23.2 Å². The molecule has 0 aliphatic carbocycles. The number of carboxylic acids is 1. The van der Waals surface area contributed by atoms with E-state index in [4.69, 9.17) is 23.2 Å². The van der Waals surface area contributed by atoms with Crippen molar-refractivity contribution >= 4 is 46.6 Å². The minimum Gasteiger partial charge on any atom is -0.504 e. The third-order valence-electron chi connectivity index (χ3n) is 7.08. The Morgan fingerprint density at radius 1 is 1.15 bits per heavy atom. The molecule has 0 bridgehead atoms. The molecule has 0 fully saturated rings. The molecule has 0 spiro atoms. The molecule has 10 nitrogen and oxygen atoms in total. The van der Waals surface area contributed by atoms with Crippen LogP contribution in [0, 0.1) is 0 Å². The zero-order valence-corrected chi connectivity index (χ0v) is 23.4. The van der Waals surface area contributed by atoms with Crippen molar-refractivity contribution in [3.05, 3.63) is 98.4 Å². The fourth-order valence-corrected chi connectivity index (χ4v) is 5.71. The second kappa shape index (κ2) is 11.4. The fourth-order valence-electron chi connectivity index (χ4n) is 4.94. The molecule has 2 amide bonds. The number of pyridine rings is 1. The summed E-state index contributed by atoms with van der Waals surface area (Å²) in [6.45, 7) is 2.08. The van der Waals surface area contributed by atoms with Crippen molar-refractivity contribution in [1.82, 2.24) is 19.6 Å². The number of amides is 2. The molecule has 4 aromatic rings. The highest BCUT2D eigenvalue weighted by Crippen LogP contribution is 2.35. The summed E-state index contributed by atoms with van der Waals surface area (Å²) in [5.41, 5.74) is 2.97. The Hall–Kier alpha value is -4.12. The van der Waals surface area contributed by atoms with Crippen LogP contribution in [0.5, 0.6) is 5.75 Å². The lowest BCUT2D eigenvalue weighted by molar-refractivity contribution is -0.139. The van der Waals surface area contributed by atoms with E-state index in [1.807, 2.05) is 0 Å². The number of rotatable bonds is 7. The Kier molecular flexibility index (Phi) is 7.90. The van der Waals surface area contributed by atoms with Crippen LogP contribution in [0.25, 0.3) is 5.65 Å². The van der Waals surface area contributed by atoms with E-state index in [1.165, 1.54) is 6.07 Å². The first kappa shape index (κ1) is 28.4. The predicted octanol–water partition coefficient (Wildman–Crippen LogP) is 4.02. The Bertz CT molecular complexity index is 1690. The smallest absolute Gasteiger partial charge is 0.326 e. The molecule has 5 rings (SSSR count). The van der Waals surface area contributed by atoms with Crippen molar-refractivity contribution in [3.8, 4) is 5.75 Å². The number of aliphatic hydroxyl groups is 1. The van der Waals surface area contributed by atoms with Gasteiger partial charge in [0.2, 0.25) is 0 Å². The summed E-state index contributed by atoms with van der Waals surface area (Å²) in [5.74, 6) is -2.35. The van der Waals surface area contributed by atoms with Crippen molar-refractivity contribution in [2.24, 2.45) is 0 Å². The lowest BCUT2D eigenvalue weighted by Gasteiger charge is -2.30. The monoisotopic (exact) mass is 596 g/mol. The molecular weight excluding hydrogens is 571 g/mol. The van der Waals surface area contributed by atoms with Crippen molar-refractivity contribution in [2.75, 3.05) is 6.54 Å². The zero-order valence-electron chi connectivity index (χ0n) is 21.8. The standard InChI is InChI=1S/C29H26Cl2N4O6/c1-15(36)17-5-2-4-16(10-17)11-21(29(40)41)33-27(38)24-20(30)12-18-13-35(9-7-19(18)25(24)31)28(39)22-14-34-8-3-6-23(37)26(34)32-22/h2-6,8,10,12,14-15,21,36-37H,7,9,11,13H2,1H3,(H,33,38)(H,40,41)/t15-,21-/m0/s1. The molecule has 2 aromatic carbocycles. The highest BCUT2D eigenvalue weighted by molar-refractivity contribution is 6.40. The second-order valence-electron chi connectivity index (χ2n) is 9.90. The molecule has 4 N–H and O–H groups in total. The van der Waals surface area contributed by atoms with Gasteiger partial charge in [0, 0.05) is 31.9 Å². The molecule has 2 atom stereocenters. The Labute approximate surface area is 244 Å². The van der Waals surface area contributed by atoms with E-state index in [9.17, 15) is 29.7 Å². The van der Waals surface area contributed by atoms with Gasteiger partial charge in [-0.3, -0.25) is 9.59 Å². The first-order valence-corrected chi connectivity index (χ1v) is 13.5. The van der Waals surface area contributed by atoms with E-state index in [1.54, 1.807) is 65.0 Å². The molecule has 0 saturated heterocycles. The molecule has 3 heterocycles. The van der Waals surface area contributed by atoms with Gasteiger partial charge in [-0.2, -0.15) is 0 Å². The fraction of sp³-hybridized carbons (Fsp3) is 0.241. The zero-order chi connectivity index (χ0) is 29.4. The maximum absolute atomic E-state index is 13.2.